The molecule has 4 bridgehead atoms. The second kappa shape index (κ2) is 11.7. The Bertz CT molecular complexity index is 984. The predicted octanol–water partition coefficient (Wildman–Crippen LogP) is 4.83. The van der Waals surface area contributed by atoms with Gasteiger partial charge in [0.25, 0.3) is 0 Å². The molecule has 2 saturated carbocycles. The van der Waals surface area contributed by atoms with Gasteiger partial charge in [-0.25, -0.2) is 10.4 Å². The van der Waals surface area contributed by atoms with Crippen molar-refractivity contribution < 1.29 is 4.74 Å². The second-order valence-electron chi connectivity index (χ2n) is 14.7. The van der Waals surface area contributed by atoms with Crippen LogP contribution in [-0.4, -0.2) is 69.6 Å². The molecule has 40 heavy (non-hydrogen) atoms. The van der Waals surface area contributed by atoms with E-state index in [0.717, 1.165) is 62.2 Å². The van der Waals surface area contributed by atoms with Crippen LogP contribution in [0.2, 0.25) is 0 Å². The van der Waals surface area contributed by atoms with Gasteiger partial charge in [-0.3, -0.25) is 19.6 Å². The number of hydrogen-bond acceptors (Lipinski definition) is 8. The first-order chi connectivity index (χ1) is 19.4. The summed E-state index contributed by atoms with van der Waals surface area (Å²) in [7, 11) is 0. The van der Waals surface area contributed by atoms with Gasteiger partial charge in [0.05, 0.1) is 18.1 Å². The Morgan fingerprint density at radius 3 is 2.73 bits per heavy atom. The fraction of sp³-hybridized carbons (Fsp3) is 0.903. The van der Waals surface area contributed by atoms with E-state index in [1.807, 2.05) is 11.9 Å². The van der Waals surface area contributed by atoms with Gasteiger partial charge in [-0.15, -0.1) is 5.10 Å². The average molecular weight is 572 g/mol. The van der Waals surface area contributed by atoms with Gasteiger partial charge in [0, 0.05) is 49.9 Å². The lowest BCUT2D eigenvalue weighted by Gasteiger charge is -2.47. The van der Waals surface area contributed by atoms with Crippen LogP contribution >= 0.6 is 11.9 Å². The van der Waals surface area contributed by atoms with Gasteiger partial charge in [-0.05, 0) is 108 Å². The molecule has 6 fully saturated rings. The normalized spacial score (nSPS) is 40.1. The van der Waals surface area contributed by atoms with Crippen molar-refractivity contribution in [1.82, 2.24) is 35.2 Å². The van der Waals surface area contributed by atoms with Crippen LogP contribution in [0, 0.1) is 35.5 Å². The average Bonchev–Trinajstić information content (AvgIpc) is 3.84. The molecule has 7 rings (SSSR count). The highest BCUT2D eigenvalue weighted by Crippen LogP contribution is 2.50. The van der Waals surface area contributed by atoms with E-state index in [2.05, 4.69) is 63.1 Å². The molecule has 8 nitrogen and oxygen atoms in total. The van der Waals surface area contributed by atoms with Gasteiger partial charge in [-0.2, -0.15) is 0 Å². The number of nitrogens with one attached hydrogen (secondary N) is 3. The largest absolute Gasteiger partial charge is 0.477 e. The lowest BCUT2D eigenvalue weighted by molar-refractivity contribution is 0.00915. The highest BCUT2D eigenvalue weighted by atomic mass is 32.2. The molecule has 0 amide bonds. The molecular weight excluding hydrogens is 518 g/mol. The molecule has 8 atom stereocenters. The minimum Gasteiger partial charge on any atom is -0.477 e. The number of rotatable bonds is 7. The Hall–Kier alpha value is -0.840. The standard InChI is InChI=1S/C31H53N7OS/c1-21-19-36-14-4-5-22-17-31(2,3)37(20-22)29-25(18-32-40-30(21)35-36)10-11-27(33-29)38-15-12-28(34-38)39-16-13-26(23-6-7-23)24-8-9-24/h12,15,21-27,29-30,32-33,35H,4-11,13-14,16-20H2,1-3H3. The van der Waals surface area contributed by atoms with Crippen molar-refractivity contribution in [3.05, 3.63) is 12.3 Å². The van der Waals surface area contributed by atoms with Gasteiger partial charge in [-0.1, -0.05) is 18.9 Å². The summed E-state index contributed by atoms with van der Waals surface area (Å²) in [6.45, 7) is 12.7. The maximum Gasteiger partial charge on any atom is 0.232 e. The molecule has 8 unspecified atom stereocenters. The fourth-order valence-electron chi connectivity index (χ4n) is 8.50. The SMILES string of the molecule is CC1CN2CCCC3CN(C4NC(n5ccc(OCCC(C6CC6)C6CC6)n5)CCC4CNSC1N2)C(C)(C)C3. The summed E-state index contributed by atoms with van der Waals surface area (Å²) in [6, 6.07) is 2.08. The van der Waals surface area contributed by atoms with E-state index >= 15 is 0 Å². The smallest absolute Gasteiger partial charge is 0.232 e. The van der Waals surface area contributed by atoms with Gasteiger partial charge >= 0.3 is 0 Å². The molecule has 0 radical (unpaired) electrons. The molecule has 0 aromatic carbocycles. The van der Waals surface area contributed by atoms with Gasteiger partial charge in [0.2, 0.25) is 5.88 Å². The Balaban J connectivity index is 1.01. The van der Waals surface area contributed by atoms with Crippen LogP contribution in [0.15, 0.2) is 12.3 Å². The summed E-state index contributed by atoms with van der Waals surface area (Å²) >= 11 is 1.91. The van der Waals surface area contributed by atoms with Crippen LogP contribution in [-0.2, 0) is 0 Å². The van der Waals surface area contributed by atoms with Gasteiger partial charge in [0.15, 0.2) is 0 Å². The molecule has 3 N–H and O–H groups in total. The first kappa shape index (κ1) is 28.0. The van der Waals surface area contributed by atoms with Crippen molar-refractivity contribution in [2.24, 2.45) is 35.5 Å². The Kier molecular flexibility index (Phi) is 8.17. The molecule has 1 aromatic heterocycles. The number of hydrazine groups is 1. The van der Waals surface area contributed by atoms with Crippen molar-refractivity contribution >= 4 is 11.9 Å². The van der Waals surface area contributed by atoms with Crippen LogP contribution in [0.25, 0.3) is 0 Å². The summed E-state index contributed by atoms with van der Waals surface area (Å²) in [5, 5.41) is 12.0. The Morgan fingerprint density at radius 2 is 1.93 bits per heavy atom. The summed E-state index contributed by atoms with van der Waals surface area (Å²) in [4.78, 5) is 2.82. The molecule has 6 aliphatic rings. The lowest BCUT2D eigenvalue weighted by Crippen LogP contribution is -2.60. The maximum absolute atomic E-state index is 6.21. The van der Waals surface area contributed by atoms with Crippen LogP contribution in [0.1, 0.15) is 91.1 Å². The van der Waals surface area contributed by atoms with Crippen LogP contribution in [0.4, 0.5) is 0 Å². The quantitative estimate of drug-likeness (QED) is 0.403. The summed E-state index contributed by atoms with van der Waals surface area (Å²) in [5.74, 6) is 5.69. The predicted molar refractivity (Wildman–Crippen MR) is 161 cm³/mol. The van der Waals surface area contributed by atoms with Crippen molar-refractivity contribution in [3.8, 4) is 5.88 Å². The van der Waals surface area contributed by atoms with E-state index in [-0.39, 0.29) is 11.7 Å². The van der Waals surface area contributed by atoms with E-state index < -0.39 is 0 Å². The lowest BCUT2D eigenvalue weighted by atomic mass is 9.90. The third kappa shape index (κ3) is 6.25. The molecule has 2 aliphatic carbocycles. The molecule has 0 spiro atoms. The zero-order valence-electron chi connectivity index (χ0n) is 25.1. The fourth-order valence-corrected chi connectivity index (χ4v) is 9.51. The highest BCUT2D eigenvalue weighted by Gasteiger charge is 2.46. The molecule has 1 aromatic rings. The van der Waals surface area contributed by atoms with Crippen molar-refractivity contribution in [2.75, 3.05) is 32.8 Å². The summed E-state index contributed by atoms with van der Waals surface area (Å²) < 4.78 is 12.2. The first-order valence-electron chi connectivity index (χ1n) is 16.5. The number of piperidine rings is 1. The van der Waals surface area contributed by atoms with Crippen molar-refractivity contribution in [2.45, 2.75) is 108 Å². The highest BCUT2D eigenvalue weighted by molar-refractivity contribution is 7.98. The number of nitrogens with zero attached hydrogens (tertiary/aromatic N) is 4. The van der Waals surface area contributed by atoms with Crippen molar-refractivity contribution in [1.29, 1.82) is 0 Å². The third-order valence-electron chi connectivity index (χ3n) is 11.0. The summed E-state index contributed by atoms with van der Waals surface area (Å²) in [5.41, 5.74) is 3.99. The molecule has 9 heteroatoms. The minimum atomic E-state index is 0.208. The van der Waals surface area contributed by atoms with E-state index in [9.17, 15) is 0 Å². The molecule has 224 valence electrons. The maximum atomic E-state index is 6.21. The topological polar surface area (TPSA) is 69.6 Å². The van der Waals surface area contributed by atoms with Crippen molar-refractivity contribution in [3.63, 3.8) is 0 Å². The van der Waals surface area contributed by atoms with Crippen LogP contribution in [0.3, 0.4) is 0 Å². The van der Waals surface area contributed by atoms with Gasteiger partial charge in [0.1, 0.15) is 6.17 Å². The molecule has 5 heterocycles. The molecule has 4 aliphatic heterocycles. The summed E-state index contributed by atoms with van der Waals surface area (Å²) in [6.07, 6.45) is 15.9. The molecule has 4 saturated heterocycles. The molecular formula is C31H53N7OS. The Morgan fingerprint density at radius 1 is 1.10 bits per heavy atom. The zero-order chi connectivity index (χ0) is 27.3. The minimum absolute atomic E-state index is 0.208. The number of ether oxygens (including phenoxy) is 1. The van der Waals surface area contributed by atoms with Crippen LogP contribution < -0.4 is 20.2 Å². The van der Waals surface area contributed by atoms with E-state index in [1.54, 1.807) is 0 Å². The van der Waals surface area contributed by atoms with Gasteiger partial charge < -0.3 is 4.74 Å². The first-order valence-corrected chi connectivity index (χ1v) is 17.4. The number of hydrogen-bond donors (Lipinski definition) is 3. The van der Waals surface area contributed by atoms with Crippen LogP contribution in [0.5, 0.6) is 5.88 Å². The van der Waals surface area contributed by atoms with E-state index in [0.29, 0.717) is 23.4 Å². The van der Waals surface area contributed by atoms with E-state index in [4.69, 9.17) is 9.84 Å². The monoisotopic (exact) mass is 571 g/mol. The number of fused-ring (bicyclic) bond motifs is 6. The van der Waals surface area contributed by atoms with E-state index in [1.165, 1.54) is 64.3 Å². The zero-order valence-corrected chi connectivity index (χ0v) is 25.9. The Labute approximate surface area is 246 Å². The second-order valence-corrected chi connectivity index (χ2v) is 15.7. The third-order valence-corrected chi connectivity index (χ3v) is 12.1. The number of aromatic nitrogens is 2.